The van der Waals surface area contributed by atoms with Gasteiger partial charge in [-0.15, -0.1) is 11.3 Å². The maximum absolute atomic E-state index is 8.92. The summed E-state index contributed by atoms with van der Waals surface area (Å²) in [6.07, 6.45) is 0.608. The number of thiazole rings is 1. The van der Waals surface area contributed by atoms with Gasteiger partial charge in [0.05, 0.1) is 24.4 Å². The van der Waals surface area contributed by atoms with Crippen LogP contribution < -0.4 is 10.5 Å². The van der Waals surface area contributed by atoms with Gasteiger partial charge in [0.25, 0.3) is 0 Å². The third kappa shape index (κ3) is 3.07. The second-order valence-electron chi connectivity index (χ2n) is 4.00. The molecule has 1 aromatic heterocycles. The maximum Gasteiger partial charge on any atom is 0.118 e. The Morgan fingerprint density at radius 3 is 2.72 bits per heavy atom. The average Bonchev–Trinajstić information content (AvgIpc) is 2.87. The predicted octanol–water partition coefficient (Wildman–Crippen LogP) is 1.68. The number of benzene rings is 1. The highest BCUT2D eigenvalue weighted by molar-refractivity contribution is 7.09. The fourth-order valence-electron chi connectivity index (χ4n) is 1.59. The summed E-state index contributed by atoms with van der Waals surface area (Å²) in [5.41, 5.74) is 7.68. The fraction of sp³-hybridized carbons (Fsp3) is 0.308. The van der Waals surface area contributed by atoms with Crippen molar-refractivity contribution in [2.24, 2.45) is 5.73 Å². The predicted molar refractivity (Wildman–Crippen MR) is 72.9 cm³/mol. The molecule has 1 aromatic carbocycles. The van der Waals surface area contributed by atoms with Gasteiger partial charge in [-0.1, -0.05) is 0 Å². The summed E-state index contributed by atoms with van der Waals surface area (Å²) in [5.74, 6) is 0.830. The summed E-state index contributed by atoms with van der Waals surface area (Å²) in [4.78, 5) is 4.51. The molecule has 3 N–H and O–H groups in total. The van der Waals surface area contributed by atoms with Crippen LogP contribution in [0.3, 0.4) is 0 Å². The van der Waals surface area contributed by atoms with Gasteiger partial charge >= 0.3 is 0 Å². The summed E-state index contributed by atoms with van der Waals surface area (Å²) < 4.78 is 5.12. The Kier molecular flexibility index (Phi) is 4.30. The summed E-state index contributed by atoms with van der Waals surface area (Å²) in [7, 11) is 1.65. The minimum atomic E-state index is -0.236. The molecule has 0 saturated heterocycles. The lowest BCUT2D eigenvalue weighted by atomic mass is 10.2. The average molecular weight is 264 g/mol. The first-order valence-corrected chi connectivity index (χ1v) is 6.56. The summed E-state index contributed by atoms with van der Waals surface area (Å²) in [5, 5.41) is 11.9. The molecule has 4 nitrogen and oxygen atoms in total. The van der Waals surface area contributed by atoms with Gasteiger partial charge in [-0.05, 0) is 24.3 Å². The number of aliphatic hydroxyl groups is 1. The summed E-state index contributed by atoms with van der Waals surface area (Å²) in [6, 6.07) is 7.54. The van der Waals surface area contributed by atoms with Gasteiger partial charge in [-0.3, -0.25) is 0 Å². The Balaban J connectivity index is 2.13. The zero-order chi connectivity index (χ0) is 13.0. The third-order valence-electron chi connectivity index (χ3n) is 2.61. The summed E-state index contributed by atoms with van der Waals surface area (Å²) >= 11 is 1.56. The minimum Gasteiger partial charge on any atom is -0.497 e. The zero-order valence-corrected chi connectivity index (χ0v) is 11.0. The molecule has 1 atom stereocenters. The molecule has 0 saturated carbocycles. The van der Waals surface area contributed by atoms with Crippen LogP contribution in [0.25, 0.3) is 11.3 Å². The highest BCUT2D eigenvalue weighted by Crippen LogP contribution is 2.24. The summed E-state index contributed by atoms with van der Waals surface area (Å²) in [6.45, 7) is -0.0164. The van der Waals surface area contributed by atoms with Crippen molar-refractivity contribution in [1.82, 2.24) is 4.98 Å². The highest BCUT2D eigenvalue weighted by Gasteiger charge is 2.08. The maximum atomic E-state index is 8.92. The van der Waals surface area contributed by atoms with E-state index in [2.05, 4.69) is 4.98 Å². The van der Waals surface area contributed by atoms with Gasteiger partial charge in [-0.25, -0.2) is 4.98 Å². The Morgan fingerprint density at radius 1 is 1.39 bits per heavy atom. The largest absolute Gasteiger partial charge is 0.497 e. The monoisotopic (exact) mass is 264 g/mol. The van der Waals surface area contributed by atoms with E-state index < -0.39 is 0 Å². The highest BCUT2D eigenvalue weighted by atomic mass is 32.1. The fourth-order valence-corrected chi connectivity index (χ4v) is 2.49. The van der Waals surface area contributed by atoms with Gasteiger partial charge in [-0.2, -0.15) is 0 Å². The molecule has 0 bridgehead atoms. The van der Waals surface area contributed by atoms with Crippen molar-refractivity contribution in [3.05, 3.63) is 34.7 Å². The SMILES string of the molecule is COc1ccc(-c2csc(CC(N)CO)n2)cc1. The van der Waals surface area contributed by atoms with Crippen molar-refractivity contribution in [3.63, 3.8) is 0 Å². The molecular formula is C13H16N2O2S. The number of nitrogens with two attached hydrogens (primary N) is 1. The van der Waals surface area contributed by atoms with Crippen molar-refractivity contribution in [2.45, 2.75) is 12.5 Å². The quantitative estimate of drug-likeness (QED) is 0.862. The number of hydrogen-bond donors (Lipinski definition) is 2. The van der Waals surface area contributed by atoms with Crippen molar-refractivity contribution < 1.29 is 9.84 Å². The van der Waals surface area contributed by atoms with Gasteiger partial charge in [0.2, 0.25) is 0 Å². The molecule has 0 spiro atoms. The van der Waals surface area contributed by atoms with Crippen LogP contribution in [0.1, 0.15) is 5.01 Å². The van der Waals surface area contributed by atoms with Gasteiger partial charge in [0.1, 0.15) is 5.75 Å². The second-order valence-corrected chi connectivity index (χ2v) is 4.94. The number of methoxy groups -OCH3 is 1. The smallest absolute Gasteiger partial charge is 0.118 e. The van der Waals surface area contributed by atoms with Crippen molar-refractivity contribution >= 4 is 11.3 Å². The Labute approximate surface area is 110 Å². The molecular weight excluding hydrogens is 248 g/mol. The van der Waals surface area contributed by atoms with E-state index in [9.17, 15) is 0 Å². The number of rotatable bonds is 5. The van der Waals surface area contributed by atoms with E-state index in [4.69, 9.17) is 15.6 Å². The van der Waals surface area contributed by atoms with Crippen LogP contribution in [0.15, 0.2) is 29.6 Å². The number of hydrogen-bond acceptors (Lipinski definition) is 5. The van der Waals surface area contributed by atoms with E-state index >= 15 is 0 Å². The standard InChI is InChI=1S/C13H16N2O2S/c1-17-11-4-2-9(3-5-11)12-8-18-13(15-12)6-10(14)7-16/h2-5,8,10,16H,6-7,14H2,1H3. The third-order valence-corrected chi connectivity index (χ3v) is 3.48. The minimum absolute atomic E-state index is 0.0164. The van der Waals surface area contributed by atoms with Crippen LogP contribution in [0.5, 0.6) is 5.75 Å². The number of aromatic nitrogens is 1. The van der Waals surface area contributed by atoms with E-state index in [0.29, 0.717) is 6.42 Å². The zero-order valence-electron chi connectivity index (χ0n) is 10.2. The molecule has 2 rings (SSSR count). The van der Waals surface area contributed by atoms with E-state index in [1.54, 1.807) is 18.4 Å². The first kappa shape index (κ1) is 13.0. The second kappa shape index (κ2) is 5.95. The molecule has 5 heteroatoms. The molecule has 0 aliphatic carbocycles. The number of aliphatic hydroxyl groups excluding tert-OH is 1. The Bertz CT molecular complexity index is 496. The molecule has 1 unspecified atom stereocenters. The van der Waals surface area contributed by atoms with Crippen molar-refractivity contribution in [1.29, 1.82) is 0 Å². The van der Waals surface area contributed by atoms with E-state index in [1.807, 2.05) is 29.6 Å². The van der Waals surface area contributed by atoms with Crippen LogP contribution >= 0.6 is 11.3 Å². The van der Waals surface area contributed by atoms with Gasteiger partial charge in [0.15, 0.2) is 0 Å². The number of nitrogens with zero attached hydrogens (tertiary/aromatic N) is 1. The molecule has 96 valence electrons. The van der Waals surface area contributed by atoms with E-state index in [0.717, 1.165) is 22.0 Å². The van der Waals surface area contributed by atoms with Crippen LogP contribution in [0.4, 0.5) is 0 Å². The lowest BCUT2D eigenvalue weighted by molar-refractivity contribution is 0.265. The van der Waals surface area contributed by atoms with E-state index in [-0.39, 0.29) is 12.6 Å². The molecule has 18 heavy (non-hydrogen) atoms. The number of ether oxygens (including phenoxy) is 1. The molecule has 2 aromatic rings. The lowest BCUT2D eigenvalue weighted by Gasteiger charge is -2.04. The molecule has 0 radical (unpaired) electrons. The van der Waals surface area contributed by atoms with E-state index in [1.165, 1.54) is 0 Å². The van der Waals surface area contributed by atoms with Crippen LogP contribution in [0, 0.1) is 0 Å². The Hall–Kier alpha value is -1.43. The first-order chi connectivity index (χ1) is 8.72. The molecule has 0 fully saturated rings. The van der Waals surface area contributed by atoms with Crippen LogP contribution in [-0.2, 0) is 6.42 Å². The topological polar surface area (TPSA) is 68.4 Å². The Morgan fingerprint density at radius 2 is 2.11 bits per heavy atom. The molecule has 1 heterocycles. The van der Waals surface area contributed by atoms with Crippen molar-refractivity contribution in [3.8, 4) is 17.0 Å². The molecule has 0 amide bonds. The molecule has 0 aliphatic heterocycles. The first-order valence-electron chi connectivity index (χ1n) is 5.68. The molecule has 0 aliphatic rings. The van der Waals surface area contributed by atoms with Gasteiger partial charge in [0, 0.05) is 23.4 Å². The van der Waals surface area contributed by atoms with Crippen molar-refractivity contribution in [2.75, 3.05) is 13.7 Å². The van der Waals surface area contributed by atoms with Gasteiger partial charge < -0.3 is 15.6 Å². The van der Waals surface area contributed by atoms with Crippen LogP contribution in [0.2, 0.25) is 0 Å². The normalized spacial score (nSPS) is 12.4. The lowest BCUT2D eigenvalue weighted by Crippen LogP contribution is -2.26. The van der Waals surface area contributed by atoms with Crippen LogP contribution in [-0.4, -0.2) is 29.8 Å².